The van der Waals surface area contributed by atoms with Gasteiger partial charge in [-0.1, -0.05) is 39.0 Å². The van der Waals surface area contributed by atoms with Crippen molar-refractivity contribution < 1.29 is 4.79 Å². The molecule has 0 unspecified atom stereocenters. The number of hydrogen-bond donors (Lipinski definition) is 0. The summed E-state index contributed by atoms with van der Waals surface area (Å²) in [5.74, 6) is 0.364. The van der Waals surface area contributed by atoms with Crippen LogP contribution in [-0.2, 0) is 22.0 Å². The Kier molecular flexibility index (Phi) is 2.68. The van der Waals surface area contributed by atoms with Gasteiger partial charge in [0.15, 0.2) is 0 Å². The molecular formula is C16H22O. The molecule has 0 N–H and O–H groups in total. The predicted molar refractivity (Wildman–Crippen MR) is 71.5 cm³/mol. The summed E-state index contributed by atoms with van der Waals surface area (Å²) >= 11 is 0. The molecule has 1 aliphatic rings. The molecule has 92 valence electrons. The van der Waals surface area contributed by atoms with Gasteiger partial charge in [-0.2, -0.15) is 0 Å². The third kappa shape index (κ3) is 1.82. The second-order valence-electron chi connectivity index (χ2n) is 6.34. The van der Waals surface area contributed by atoms with E-state index in [1.807, 2.05) is 0 Å². The molecule has 1 aliphatic carbocycles. The van der Waals surface area contributed by atoms with E-state index in [9.17, 15) is 4.79 Å². The number of carbonyl (C=O) groups is 1. The molecule has 0 saturated carbocycles. The van der Waals surface area contributed by atoms with Crippen molar-refractivity contribution in [1.29, 1.82) is 0 Å². The normalized spacial score (nSPS) is 21.1. The SMILES string of the molecule is CCc1ccc2c(c1)C(C)(C)C(=O)CC2(C)C. The van der Waals surface area contributed by atoms with Crippen LogP contribution in [0.1, 0.15) is 57.7 Å². The summed E-state index contributed by atoms with van der Waals surface area (Å²) in [6, 6.07) is 6.66. The monoisotopic (exact) mass is 230 g/mol. The van der Waals surface area contributed by atoms with Crippen LogP contribution in [0.5, 0.6) is 0 Å². The Bertz CT molecular complexity index is 466. The van der Waals surface area contributed by atoms with Crippen molar-refractivity contribution in [2.45, 2.75) is 58.3 Å². The van der Waals surface area contributed by atoms with Crippen LogP contribution in [0.2, 0.25) is 0 Å². The number of aryl methyl sites for hydroxylation is 1. The van der Waals surface area contributed by atoms with Gasteiger partial charge in [-0.05, 0) is 42.4 Å². The minimum Gasteiger partial charge on any atom is -0.299 e. The molecule has 0 spiro atoms. The minimum atomic E-state index is -0.323. The molecular weight excluding hydrogens is 208 g/mol. The molecule has 0 fully saturated rings. The lowest BCUT2D eigenvalue weighted by Gasteiger charge is -2.40. The summed E-state index contributed by atoms with van der Waals surface area (Å²) < 4.78 is 0. The lowest BCUT2D eigenvalue weighted by molar-refractivity contribution is -0.125. The van der Waals surface area contributed by atoms with Crippen LogP contribution >= 0.6 is 0 Å². The quantitative estimate of drug-likeness (QED) is 0.717. The maximum Gasteiger partial charge on any atom is 0.143 e. The van der Waals surface area contributed by atoms with E-state index in [1.165, 1.54) is 16.7 Å². The molecule has 1 aromatic rings. The number of ketones is 1. The van der Waals surface area contributed by atoms with Gasteiger partial charge in [-0.25, -0.2) is 0 Å². The number of Topliss-reactive ketones (excluding diaryl/α,β-unsaturated/α-hetero) is 1. The van der Waals surface area contributed by atoms with Crippen molar-refractivity contribution in [2.24, 2.45) is 0 Å². The number of carbonyl (C=O) groups excluding carboxylic acids is 1. The average molecular weight is 230 g/mol. The highest BCUT2D eigenvalue weighted by molar-refractivity contribution is 5.93. The van der Waals surface area contributed by atoms with Gasteiger partial charge in [0.2, 0.25) is 0 Å². The largest absolute Gasteiger partial charge is 0.299 e. The fourth-order valence-electron chi connectivity index (χ4n) is 2.79. The van der Waals surface area contributed by atoms with E-state index < -0.39 is 0 Å². The van der Waals surface area contributed by atoms with Crippen molar-refractivity contribution in [1.82, 2.24) is 0 Å². The first-order valence-electron chi connectivity index (χ1n) is 6.46. The number of hydrogen-bond acceptors (Lipinski definition) is 1. The molecule has 1 nitrogen and oxygen atoms in total. The summed E-state index contributed by atoms with van der Waals surface area (Å²) in [5.41, 5.74) is 3.56. The molecule has 1 aromatic carbocycles. The summed E-state index contributed by atoms with van der Waals surface area (Å²) in [6.07, 6.45) is 1.68. The lowest BCUT2D eigenvalue weighted by Crippen LogP contribution is -2.42. The van der Waals surface area contributed by atoms with Crippen LogP contribution in [0.25, 0.3) is 0 Å². The molecule has 0 atom stereocenters. The van der Waals surface area contributed by atoms with Gasteiger partial charge in [0.25, 0.3) is 0 Å². The maximum atomic E-state index is 12.3. The topological polar surface area (TPSA) is 17.1 Å². The Balaban J connectivity index is 2.69. The highest BCUT2D eigenvalue weighted by Crippen LogP contribution is 2.43. The fourth-order valence-corrected chi connectivity index (χ4v) is 2.79. The van der Waals surface area contributed by atoms with Crippen LogP contribution in [0.4, 0.5) is 0 Å². The highest BCUT2D eigenvalue weighted by Gasteiger charge is 2.42. The van der Waals surface area contributed by atoms with E-state index in [2.05, 4.69) is 52.8 Å². The van der Waals surface area contributed by atoms with Crippen LogP contribution in [0.3, 0.4) is 0 Å². The molecule has 0 heterocycles. The summed E-state index contributed by atoms with van der Waals surface area (Å²) in [5, 5.41) is 0. The molecule has 0 saturated heterocycles. The Labute approximate surface area is 104 Å². The minimum absolute atomic E-state index is 0.0196. The molecule has 0 aliphatic heterocycles. The van der Waals surface area contributed by atoms with Gasteiger partial charge >= 0.3 is 0 Å². The first-order chi connectivity index (χ1) is 7.79. The van der Waals surface area contributed by atoms with Crippen LogP contribution < -0.4 is 0 Å². The van der Waals surface area contributed by atoms with Gasteiger partial charge in [0, 0.05) is 11.8 Å². The van der Waals surface area contributed by atoms with Gasteiger partial charge in [-0.3, -0.25) is 4.79 Å². The van der Waals surface area contributed by atoms with Crippen molar-refractivity contribution in [2.75, 3.05) is 0 Å². The van der Waals surface area contributed by atoms with Crippen LogP contribution in [0, 0.1) is 0 Å². The van der Waals surface area contributed by atoms with Crippen LogP contribution in [-0.4, -0.2) is 5.78 Å². The molecule has 0 aromatic heterocycles. The Morgan fingerprint density at radius 1 is 1.12 bits per heavy atom. The maximum absolute atomic E-state index is 12.3. The Morgan fingerprint density at radius 2 is 1.76 bits per heavy atom. The summed E-state index contributed by atoms with van der Waals surface area (Å²) in [6.45, 7) is 10.6. The molecule has 17 heavy (non-hydrogen) atoms. The smallest absolute Gasteiger partial charge is 0.143 e. The van der Waals surface area contributed by atoms with Gasteiger partial charge in [0.05, 0.1) is 0 Å². The van der Waals surface area contributed by atoms with E-state index in [0.717, 1.165) is 6.42 Å². The highest BCUT2D eigenvalue weighted by atomic mass is 16.1. The molecule has 2 rings (SSSR count). The predicted octanol–water partition coefficient (Wildman–Crippen LogP) is 3.78. The molecule has 1 heteroatoms. The number of rotatable bonds is 1. The zero-order valence-corrected chi connectivity index (χ0v) is 11.6. The Hall–Kier alpha value is -1.11. The van der Waals surface area contributed by atoms with Gasteiger partial charge < -0.3 is 0 Å². The fraction of sp³-hybridized carbons (Fsp3) is 0.562. The van der Waals surface area contributed by atoms with Gasteiger partial charge in [0.1, 0.15) is 5.78 Å². The van der Waals surface area contributed by atoms with Gasteiger partial charge in [-0.15, -0.1) is 0 Å². The second kappa shape index (κ2) is 3.69. The third-order valence-corrected chi connectivity index (χ3v) is 4.19. The molecule has 0 bridgehead atoms. The number of fused-ring (bicyclic) bond motifs is 1. The first-order valence-corrected chi connectivity index (χ1v) is 6.46. The zero-order chi connectivity index (χ0) is 12.8. The van der Waals surface area contributed by atoms with E-state index in [1.54, 1.807) is 0 Å². The standard InChI is InChI=1S/C16H22O/c1-6-11-7-8-12-13(9-11)16(4,5)14(17)10-15(12,2)3/h7-9H,6,10H2,1-5H3. The van der Waals surface area contributed by atoms with E-state index in [0.29, 0.717) is 12.2 Å². The van der Waals surface area contributed by atoms with E-state index >= 15 is 0 Å². The third-order valence-electron chi connectivity index (χ3n) is 4.19. The lowest BCUT2D eigenvalue weighted by atomic mass is 9.62. The van der Waals surface area contributed by atoms with Crippen molar-refractivity contribution in [3.8, 4) is 0 Å². The van der Waals surface area contributed by atoms with Crippen LogP contribution in [0.15, 0.2) is 18.2 Å². The van der Waals surface area contributed by atoms with E-state index in [-0.39, 0.29) is 10.8 Å². The number of benzene rings is 1. The first kappa shape index (κ1) is 12.3. The average Bonchev–Trinajstić information content (AvgIpc) is 2.26. The van der Waals surface area contributed by atoms with Crippen molar-refractivity contribution in [3.63, 3.8) is 0 Å². The van der Waals surface area contributed by atoms with Crippen molar-refractivity contribution >= 4 is 5.78 Å². The summed E-state index contributed by atoms with van der Waals surface area (Å²) in [7, 11) is 0. The second-order valence-corrected chi connectivity index (χ2v) is 6.34. The Morgan fingerprint density at radius 3 is 2.35 bits per heavy atom. The van der Waals surface area contributed by atoms with E-state index in [4.69, 9.17) is 0 Å². The zero-order valence-electron chi connectivity index (χ0n) is 11.6. The molecule has 0 radical (unpaired) electrons. The molecule has 0 amide bonds. The van der Waals surface area contributed by atoms with Crippen molar-refractivity contribution in [3.05, 3.63) is 34.9 Å². The summed E-state index contributed by atoms with van der Waals surface area (Å²) in [4.78, 5) is 12.3.